The van der Waals surface area contributed by atoms with Crippen LogP contribution in [-0.4, -0.2) is 4.98 Å². The van der Waals surface area contributed by atoms with Crippen molar-refractivity contribution in [2.45, 2.75) is 0 Å². The molecule has 2 aromatic rings. The highest BCUT2D eigenvalue weighted by Gasteiger charge is 1.98. The Kier molecular flexibility index (Phi) is 1.84. The van der Waals surface area contributed by atoms with Crippen LogP contribution in [0.4, 0.5) is 5.69 Å². The predicted octanol–water partition coefficient (Wildman–Crippen LogP) is 1.87. The average molecular weight is 239 g/mol. The summed E-state index contributed by atoms with van der Waals surface area (Å²) in [6, 6.07) is 7.31. The Morgan fingerprint density at radius 1 is 1.31 bits per heavy atom. The van der Waals surface area contributed by atoms with Crippen molar-refractivity contribution in [1.29, 1.82) is 0 Å². The molecule has 0 unspecified atom stereocenters. The summed E-state index contributed by atoms with van der Waals surface area (Å²) in [5.74, 6) is 0. The van der Waals surface area contributed by atoms with Crippen LogP contribution < -0.4 is 11.3 Å². The van der Waals surface area contributed by atoms with Gasteiger partial charge in [-0.15, -0.1) is 0 Å². The van der Waals surface area contributed by atoms with Crippen molar-refractivity contribution in [2.24, 2.45) is 0 Å². The van der Waals surface area contributed by atoms with Gasteiger partial charge in [-0.25, -0.2) is 0 Å². The second-order valence-corrected chi connectivity index (χ2v) is 3.70. The number of benzene rings is 1. The maximum Gasteiger partial charge on any atom is 0.271 e. The van der Waals surface area contributed by atoms with Crippen LogP contribution >= 0.6 is 15.9 Å². The van der Waals surface area contributed by atoms with E-state index in [2.05, 4.69) is 20.9 Å². The number of rotatable bonds is 0. The molecule has 2 rings (SSSR count). The van der Waals surface area contributed by atoms with E-state index in [9.17, 15) is 4.79 Å². The second-order valence-electron chi connectivity index (χ2n) is 2.79. The lowest BCUT2D eigenvalue weighted by atomic mass is 10.2. The molecule has 66 valence electrons. The zero-order chi connectivity index (χ0) is 9.42. The van der Waals surface area contributed by atoms with E-state index in [1.54, 1.807) is 6.07 Å². The van der Waals surface area contributed by atoms with Gasteiger partial charge in [0.25, 0.3) is 5.56 Å². The fourth-order valence-electron chi connectivity index (χ4n) is 1.19. The fourth-order valence-corrected chi connectivity index (χ4v) is 1.55. The predicted molar refractivity (Wildman–Crippen MR) is 56.7 cm³/mol. The first-order valence-electron chi connectivity index (χ1n) is 3.75. The zero-order valence-electron chi connectivity index (χ0n) is 6.67. The van der Waals surface area contributed by atoms with E-state index in [-0.39, 0.29) is 11.2 Å². The molecule has 0 radical (unpaired) electrons. The van der Waals surface area contributed by atoms with Crippen molar-refractivity contribution in [3.63, 3.8) is 0 Å². The normalized spacial score (nSPS) is 10.5. The lowest BCUT2D eigenvalue weighted by molar-refractivity contribution is 1.31. The van der Waals surface area contributed by atoms with Gasteiger partial charge in [0.15, 0.2) is 0 Å². The van der Waals surface area contributed by atoms with Gasteiger partial charge in [-0.2, -0.15) is 0 Å². The molecule has 0 saturated carbocycles. The third-order valence-corrected chi connectivity index (χ3v) is 2.33. The summed E-state index contributed by atoms with van der Waals surface area (Å²) in [5, 5.41) is 0.931. The molecule has 0 aliphatic heterocycles. The number of halogens is 1. The Morgan fingerprint density at radius 3 is 2.85 bits per heavy atom. The maximum atomic E-state index is 11.1. The molecule has 0 aliphatic rings. The van der Waals surface area contributed by atoms with E-state index in [1.807, 2.05) is 18.2 Å². The summed E-state index contributed by atoms with van der Waals surface area (Å²) in [6.45, 7) is 0. The number of pyridine rings is 1. The van der Waals surface area contributed by atoms with Gasteiger partial charge in [0.1, 0.15) is 0 Å². The van der Waals surface area contributed by atoms with Gasteiger partial charge in [0.05, 0.1) is 5.69 Å². The summed E-state index contributed by atoms with van der Waals surface area (Å²) >= 11 is 3.32. The smallest absolute Gasteiger partial charge is 0.271 e. The van der Waals surface area contributed by atoms with Gasteiger partial charge in [-0.3, -0.25) is 4.79 Å². The van der Waals surface area contributed by atoms with Crippen LogP contribution in [0.25, 0.3) is 10.9 Å². The van der Waals surface area contributed by atoms with Crippen molar-refractivity contribution < 1.29 is 0 Å². The first kappa shape index (κ1) is 8.31. The van der Waals surface area contributed by atoms with E-state index in [4.69, 9.17) is 5.73 Å². The van der Waals surface area contributed by atoms with Gasteiger partial charge >= 0.3 is 0 Å². The van der Waals surface area contributed by atoms with Crippen molar-refractivity contribution in [2.75, 3.05) is 5.73 Å². The highest BCUT2D eigenvalue weighted by molar-refractivity contribution is 9.10. The van der Waals surface area contributed by atoms with Crippen LogP contribution in [0.2, 0.25) is 0 Å². The van der Waals surface area contributed by atoms with Crippen LogP contribution in [0.15, 0.2) is 33.5 Å². The minimum Gasteiger partial charge on any atom is -0.394 e. The Balaban J connectivity index is 2.89. The first-order chi connectivity index (χ1) is 6.16. The third-order valence-electron chi connectivity index (χ3n) is 1.84. The van der Waals surface area contributed by atoms with E-state index < -0.39 is 0 Å². The quantitative estimate of drug-likeness (QED) is 0.737. The number of aromatic nitrogens is 1. The fraction of sp³-hybridized carbons (Fsp3) is 0. The summed E-state index contributed by atoms with van der Waals surface area (Å²) in [6.07, 6.45) is 0. The molecule has 1 aromatic carbocycles. The third kappa shape index (κ3) is 1.45. The largest absolute Gasteiger partial charge is 0.394 e. The molecule has 0 amide bonds. The number of nitrogen functional groups attached to an aromatic ring is 1. The van der Waals surface area contributed by atoms with E-state index >= 15 is 0 Å². The van der Waals surface area contributed by atoms with E-state index in [0.29, 0.717) is 0 Å². The molecule has 0 aliphatic carbocycles. The number of anilines is 1. The van der Waals surface area contributed by atoms with Crippen LogP contribution in [0.3, 0.4) is 0 Å². The standard InChI is InChI=1S/C9H7BrN2O/c10-6-2-1-5-3-7(11)9(13)12-8(5)4-6/h1-4H,11H2,(H,12,13). The molecule has 1 heterocycles. The lowest BCUT2D eigenvalue weighted by Gasteiger charge is -1.99. The summed E-state index contributed by atoms with van der Waals surface area (Å²) in [5.41, 5.74) is 6.25. The van der Waals surface area contributed by atoms with Gasteiger partial charge in [-0.1, -0.05) is 22.0 Å². The minimum atomic E-state index is -0.245. The van der Waals surface area contributed by atoms with Crippen molar-refractivity contribution in [1.82, 2.24) is 4.98 Å². The molecule has 13 heavy (non-hydrogen) atoms. The first-order valence-corrected chi connectivity index (χ1v) is 4.54. The van der Waals surface area contributed by atoms with Crippen molar-refractivity contribution in [3.8, 4) is 0 Å². The van der Waals surface area contributed by atoms with Crippen molar-refractivity contribution >= 4 is 32.5 Å². The minimum absolute atomic E-state index is 0.245. The number of H-pyrrole nitrogens is 1. The second kappa shape index (κ2) is 2.88. The molecule has 0 fully saturated rings. The molecule has 0 saturated heterocycles. The molecule has 1 aromatic heterocycles. The Labute approximate surface area is 82.7 Å². The number of nitrogens with one attached hydrogen (secondary N) is 1. The highest BCUT2D eigenvalue weighted by atomic mass is 79.9. The molecule has 0 bridgehead atoms. The lowest BCUT2D eigenvalue weighted by Crippen LogP contribution is -2.10. The average Bonchev–Trinajstić information content (AvgIpc) is 2.08. The molecule has 0 spiro atoms. The molecular weight excluding hydrogens is 232 g/mol. The topological polar surface area (TPSA) is 58.9 Å². The van der Waals surface area contributed by atoms with Gasteiger partial charge < -0.3 is 10.7 Å². The van der Waals surface area contributed by atoms with Crippen LogP contribution in [0.5, 0.6) is 0 Å². The Morgan fingerprint density at radius 2 is 2.08 bits per heavy atom. The Bertz CT molecular complexity index is 518. The molecule has 3 N–H and O–H groups in total. The van der Waals surface area contributed by atoms with Crippen LogP contribution in [-0.2, 0) is 0 Å². The Hall–Kier alpha value is -1.29. The van der Waals surface area contributed by atoms with Crippen molar-refractivity contribution in [3.05, 3.63) is 39.1 Å². The number of fused-ring (bicyclic) bond motifs is 1. The van der Waals surface area contributed by atoms with E-state index in [0.717, 1.165) is 15.4 Å². The van der Waals surface area contributed by atoms with Gasteiger partial charge in [0, 0.05) is 15.4 Å². The number of nitrogens with two attached hydrogens (primary N) is 1. The zero-order valence-corrected chi connectivity index (χ0v) is 8.26. The van der Waals surface area contributed by atoms with Crippen LogP contribution in [0.1, 0.15) is 0 Å². The number of hydrogen-bond acceptors (Lipinski definition) is 2. The summed E-state index contributed by atoms with van der Waals surface area (Å²) in [7, 11) is 0. The maximum absolute atomic E-state index is 11.1. The van der Waals surface area contributed by atoms with Gasteiger partial charge in [0.2, 0.25) is 0 Å². The summed E-state index contributed by atoms with van der Waals surface area (Å²) < 4.78 is 0.931. The molecule has 4 heteroatoms. The molecule has 3 nitrogen and oxygen atoms in total. The number of aromatic amines is 1. The highest BCUT2D eigenvalue weighted by Crippen LogP contribution is 2.17. The van der Waals surface area contributed by atoms with E-state index in [1.165, 1.54) is 0 Å². The van der Waals surface area contributed by atoms with Gasteiger partial charge in [-0.05, 0) is 18.2 Å². The molecular formula is C9H7BrN2O. The number of hydrogen-bond donors (Lipinski definition) is 2. The van der Waals surface area contributed by atoms with Crippen LogP contribution in [0, 0.1) is 0 Å². The SMILES string of the molecule is Nc1cc2ccc(Br)cc2[nH]c1=O. The monoisotopic (exact) mass is 238 g/mol. The molecule has 0 atom stereocenters. The summed E-state index contributed by atoms with van der Waals surface area (Å²) in [4.78, 5) is 13.8.